The van der Waals surface area contributed by atoms with E-state index in [2.05, 4.69) is 25.4 Å². The van der Waals surface area contributed by atoms with Gasteiger partial charge >= 0.3 is 0 Å². The Morgan fingerprint density at radius 1 is 1.19 bits per heavy atom. The summed E-state index contributed by atoms with van der Waals surface area (Å²) in [4.78, 5) is 24.5. The van der Waals surface area contributed by atoms with Crippen LogP contribution in [-0.2, 0) is 17.8 Å². The van der Waals surface area contributed by atoms with Gasteiger partial charge in [0.1, 0.15) is 12.0 Å². The second-order valence-corrected chi connectivity index (χ2v) is 6.49. The predicted octanol–water partition coefficient (Wildman–Crippen LogP) is 2.88. The van der Waals surface area contributed by atoms with Crippen LogP contribution in [0.4, 0.5) is 8.78 Å². The van der Waals surface area contributed by atoms with Gasteiger partial charge in [-0.3, -0.25) is 4.79 Å². The van der Waals surface area contributed by atoms with Gasteiger partial charge in [-0.15, -0.1) is 11.3 Å². The molecule has 10 heteroatoms. The Hall–Kier alpha value is -3.27. The van der Waals surface area contributed by atoms with E-state index in [0.29, 0.717) is 11.3 Å². The van der Waals surface area contributed by atoms with Gasteiger partial charge in [-0.1, -0.05) is 11.2 Å². The molecule has 1 N–H and O–H groups in total. The molecule has 4 rings (SSSR count). The van der Waals surface area contributed by atoms with Crippen LogP contribution in [0.5, 0.6) is 0 Å². The molecule has 7 nitrogen and oxygen atoms in total. The van der Waals surface area contributed by atoms with Crippen LogP contribution < -0.4 is 5.32 Å². The molecule has 0 aliphatic rings. The number of fused-ring (bicyclic) bond motifs is 1. The molecule has 0 radical (unpaired) electrons. The third-order valence-electron chi connectivity index (χ3n) is 3.71. The number of hydrogen-bond acceptors (Lipinski definition) is 7. The summed E-state index contributed by atoms with van der Waals surface area (Å²) in [6.07, 6.45) is 1.29. The number of benzene rings is 1. The van der Waals surface area contributed by atoms with E-state index < -0.39 is 11.6 Å². The molecule has 0 unspecified atom stereocenters. The number of carbonyl (C=O) groups excluding carboxylic acids is 1. The van der Waals surface area contributed by atoms with Crippen molar-refractivity contribution < 1.29 is 18.1 Å². The van der Waals surface area contributed by atoms with Crippen molar-refractivity contribution in [3.8, 4) is 11.6 Å². The number of aromatic nitrogens is 4. The van der Waals surface area contributed by atoms with Gasteiger partial charge in [-0.2, -0.15) is 4.98 Å². The molecule has 136 valence electrons. The minimum atomic E-state index is -0.964. The van der Waals surface area contributed by atoms with Crippen LogP contribution in [0.2, 0.25) is 0 Å². The van der Waals surface area contributed by atoms with E-state index in [4.69, 9.17) is 4.52 Å². The van der Waals surface area contributed by atoms with Crippen molar-refractivity contribution in [1.82, 2.24) is 25.4 Å². The van der Waals surface area contributed by atoms with Crippen molar-refractivity contribution in [1.29, 1.82) is 0 Å². The highest BCUT2D eigenvalue weighted by Crippen LogP contribution is 2.28. The SMILES string of the molecule is O=C(Cc1noc(-c2ncnc3ccsc23)n1)NCc1ccc(F)c(F)c1. The molecule has 3 heterocycles. The molecule has 0 bridgehead atoms. The van der Waals surface area contributed by atoms with Crippen molar-refractivity contribution in [2.24, 2.45) is 0 Å². The molecule has 4 aromatic rings. The lowest BCUT2D eigenvalue weighted by Crippen LogP contribution is -2.25. The van der Waals surface area contributed by atoms with E-state index in [1.807, 2.05) is 11.4 Å². The monoisotopic (exact) mass is 387 g/mol. The number of carbonyl (C=O) groups is 1. The first-order valence-electron chi connectivity index (χ1n) is 7.82. The Morgan fingerprint density at radius 3 is 2.93 bits per heavy atom. The average molecular weight is 387 g/mol. The zero-order valence-electron chi connectivity index (χ0n) is 13.6. The fourth-order valence-electron chi connectivity index (χ4n) is 2.42. The lowest BCUT2D eigenvalue weighted by Gasteiger charge is -2.04. The topological polar surface area (TPSA) is 93.8 Å². The van der Waals surface area contributed by atoms with Crippen LogP contribution in [-0.4, -0.2) is 26.0 Å². The van der Waals surface area contributed by atoms with Gasteiger partial charge in [-0.05, 0) is 29.1 Å². The molecule has 0 aliphatic heterocycles. The highest BCUT2D eigenvalue weighted by molar-refractivity contribution is 7.17. The molecule has 0 fully saturated rings. The molecule has 27 heavy (non-hydrogen) atoms. The third kappa shape index (κ3) is 3.65. The highest BCUT2D eigenvalue weighted by atomic mass is 32.1. The van der Waals surface area contributed by atoms with Gasteiger partial charge in [0.25, 0.3) is 5.89 Å². The quantitative estimate of drug-likeness (QED) is 0.566. The number of rotatable bonds is 5. The summed E-state index contributed by atoms with van der Waals surface area (Å²) in [6, 6.07) is 5.29. The van der Waals surface area contributed by atoms with E-state index in [0.717, 1.165) is 22.3 Å². The number of hydrogen-bond donors (Lipinski definition) is 1. The Bertz CT molecular complexity index is 1130. The summed E-state index contributed by atoms with van der Waals surface area (Å²) in [6.45, 7) is 0.0580. The van der Waals surface area contributed by atoms with E-state index >= 15 is 0 Å². The number of amides is 1. The van der Waals surface area contributed by atoms with Crippen molar-refractivity contribution in [2.45, 2.75) is 13.0 Å². The van der Waals surface area contributed by atoms with Gasteiger partial charge in [0.2, 0.25) is 5.91 Å². The van der Waals surface area contributed by atoms with Gasteiger partial charge in [0.15, 0.2) is 17.5 Å². The minimum Gasteiger partial charge on any atom is -0.352 e. The van der Waals surface area contributed by atoms with Crippen LogP contribution in [0.25, 0.3) is 21.8 Å². The lowest BCUT2D eigenvalue weighted by molar-refractivity contribution is -0.120. The van der Waals surface area contributed by atoms with Crippen molar-refractivity contribution >= 4 is 27.5 Å². The number of nitrogens with zero attached hydrogens (tertiary/aromatic N) is 4. The molecule has 1 aromatic carbocycles. The zero-order valence-corrected chi connectivity index (χ0v) is 14.5. The Kier molecular flexibility index (Phi) is 4.55. The van der Waals surface area contributed by atoms with Gasteiger partial charge < -0.3 is 9.84 Å². The number of nitrogens with one attached hydrogen (secondary N) is 1. The predicted molar refractivity (Wildman–Crippen MR) is 92.6 cm³/mol. The first-order chi connectivity index (χ1) is 13.1. The minimum absolute atomic E-state index is 0.0580. The van der Waals surface area contributed by atoms with Crippen LogP contribution in [0.15, 0.2) is 40.5 Å². The summed E-state index contributed by atoms with van der Waals surface area (Å²) >= 11 is 1.45. The third-order valence-corrected chi connectivity index (χ3v) is 4.62. The first-order valence-corrected chi connectivity index (χ1v) is 8.70. The maximum Gasteiger partial charge on any atom is 0.278 e. The van der Waals surface area contributed by atoms with Crippen LogP contribution >= 0.6 is 11.3 Å². The van der Waals surface area contributed by atoms with E-state index in [1.54, 1.807) is 0 Å². The van der Waals surface area contributed by atoms with Crippen LogP contribution in [0.3, 0.4) is 0 Å². The first kappa shape index (κ1) is 17.2. The summed E-state index contributed by atoms with van der Waals surface area (Å²) in [5.41, 5.74) is 1.72. The van der Waals surface area contributed by atoms with E-state index in [9.17, 15) is 13.6 Å². The molecule has 0 spiro atoms. The highest BCUT2D eigenvalue weighted by Gasteiger charge is 2.16. The molecule has 0 saturated heterocycles. The number of thiophene rings is 1. The zero-order chi connectivity index (χ0) is 18.8. The summed E-state index contributed by atoms with van der Waals surface area (Å²) in [7, 11) is 0. The summed E-state index contributed by atoms with van der Waals surface area (Å²) in [5.74, 6) is -1.89. The summed E-state index contributed by atoms with van der Waals surface area (Å²) < 4.78 is 32.1. The normalized spacial score (nSPS) is 11.0. The Morgan fingerprint density at radius 2 is 2.07 bits per heavy atom. The van der Waals surface area contributed by atoms with Gasteiger partial charge in [-0.25, -0.2) is 18.7 Å². The standard InChI is InChI=1S/C17H11F2N5O2S/c18-10-2-1-9(5-11(10)19)7-20-14(25)6-13-23-17(26-24-13)15-16-12(3-4-27-16)21-8-22-15/h1-5,8H,6-7H2,(H,20,25). The number of halogens is 2. The van der Waals surface area contributed by atoms with Gasteiger partial charge in [0, 0.05) is 6.54 Å². The van der Waals surface area contributed by atoms with E-state index in [-0.39, 0.29) is 30.6 Å². The second kappa shape index (κ2) is 7.16. The fraction of sp³-hybridized carbons (Fsp3) is 0.118. The molecule has 0 atom stereocenters. The molecular formula is C17H11F2N5O2S. The summed E-state index contributed by atoms with van der Waals surface area (Å²) in [5, 5.41) is 8.27. The van der Waals surface area contributed by atoms with Crippen LogP contribution in [0, 0.1) is 11.6 Å². The maximum atomic E-state index is 13.2. The Balaban J connectivity index is 1.42. The lowest BCUT2D eigenvalue weighted by atomic mass is 10.2. The van der Waals surface area contributed by atoms with Crippen molar-refractivity contribution in [3.63, 3.8) is 0 Å². The second-order valence-electron chi connectivity index (χ2n) is 5.57. The van der Waals surface area contributed by atoms with Crippen molar-refractivity contribution in [2.75, 3.05) is 0 Å². The Labute approximate surface area is 155 Å². The molecule has 0 aliphatic carbocycles. The molecule has 0 saturated carbocycles. The van der Waals surface area contributed by atoms with Gasteiger partial charge in [0.05, 0.1) is 16.6 Å². The fourth-order valence-corrected chi connectivity index (χ4v) is 3.25. The van der Waals surface area contributed by atoms with Crippen LogP contribution in [0.1, 0.15) is 11.4 Å². The van der Waals surface area contributed by atoms with E-state index in [1.165, 1.54) is 23.7 Å². The molecule has 3 aromatic heterocycles. The average Bonchev–Trinajstić information content (AvgIpc) is 3.31. The molecular weight excluding hydrogens is 376 g/mol. The largest absolute Gasteiger partial charge is 0.352 e. The van der Waals surface area contributed by atoms with Crippen molar-refractivity contribution in [3.05, 3.63) is 59.0 Å². The maximum absolute atomic E-state index is 13.2. The smallest absolute Gasteiger partial charge is 0.278 e. The molecule has 1 amide bonds.